The number of aryl methyl sites for hydroxylation is 1. The molecule has 1 aliphatic heterocycles. The Morgan fingerprint density at radius 3 is 2.83 bits per heavy atom. The summed E-state index contributed by atoms with van der Waals surface area (Å²) < 4.78 is 5.10. The van der Waals surface area contributed by atoms with Gasteiger partial charge < -0.3 is 15.4 Å². The zero-order chi connectivity index (χ0) is 17.1. The van der Waals surface area contributed by atoms with E-state index >= 15 is 0 Å². The smallest absolute Gasteiger partial charge is 0.348 e. The van der Waals surface area contributed by atoms with Crippen LogP contribution in [0.1, 0.15) is 35.0 Å². The van der Waals surface area contributed by atoms with Crippen molar-refractivity contribution in [1.82, 2.24) is 14.9 Å². The summed E-state index contributed by atoms with van der Waals surface area (Å²) in [6, 6.07) is 0. The van der Waals surface area contributed by atoms with Gasteiger partial charge in [0.25, 0.3) is 0 Å². The Labute approximate surface area is 149 Å². The van der Waals surface area contributed by atoms with Crippen LogP contribution in [-0.4, -0.2) is 52.8 Å². The van der Waals surface area contributed by atoms with Gasteiger partial charge in [0.05, 0.1) is 12.0 Å². The number of ether oxygens (including phenoxy) is 1. The number of anilines is 1. The van der Waals surface area contributed by atoms with Crippen LogP contribution >= 0.6 is 23.1 Å². The number of esters is 1. The lowest BCUT2D eigenvalue weighted by Crippen LogP contribution is -2.21. The van der Waals surface area contributed by atoms with E-state index in [1.165, 1.54) is 37.3 Å². The normalized spacial score (nSPS) is 15.2. The number of carbonyl (C=O) groups excluding carboxylic acids is 1. The molecule has 0 unspecified atom stereocenters. The largest absolute Gasteiger partial charge is 0.462 e. The number of nitrogens with zero attached hydrogens (tertiary/aromatic N) is 3. The van der Waals surface area contributed by atoms with Crippen LogP contribution < -0.4 is 5.73 Å². The van der Waals surface area contributed by atoms with E-state index in [9.17, 15) is 4.79 Å². The number of aromatic nitrogens is 2. The lowest BCUT2D eigenvalue weighted by atomic mass is 10.2. The summed E-state index contributed by atoms with van der Waals surface area (Å²) in [5, 5.41) is 1.45. The van der Waals surface area contributed by atoms with Crippen LogP contribution in [0.25, 0.3) is 10.2 Å². The molecular formula is C16H22N4O2S2. The molecule has 0 saturated carbocycles. The first-order chi connectivity index (χ1) is 11.6. The number of fused-ring (bicyclic) bond motifs is 1. The van der Waals surface area contributed by atoms with Crippen LogP contribution in [0.2, 0.25) is 0 Å². The summed E-state index contributed by atoms with van der Waals surface area (Å²) in [6.07, 6.45) is 2.59. The lowest BCUT2D eigenvalue weighted by Gasteiger charge is -2.13. The average molecular weight is 367 g/mol. The van der Waals surface area contributed by atoms with Gasteiger partial charge in [0.15, 0.2) is 5.16 Å². The van der Waals surface area contributed by atoms with Crippen LogP contribution in [0.15, 0.2) is 5.16 Å². The van der Waals surface area contributed by atoms with E-state index in [0.29, 0.717) is 22.5 Å². The Kier molecular flexibility index (Phi) is 5.57. The molecule has 1 fully saturated rings. The summed E-state index contributed by atoms with van der Waals surface area (Å²) in [5.41, 5.74) is 6.92. The van der Waals surface area contributed by atoms with E-state index in [4.69, 9.17) is 10.5 Å². The third-order valence-electron chi connectivity index (χ3n) is 4.10. The van der Waals surface area contributed by atoms with Crippen molar-refractivity contribution in [3.05, 3.63) is 10.4 Å². The average Bonchev–Trinajstić information content (AvgIpc) is 3.16. The van der Waals surface area contributed by atoms with Gasteiger partial charge in [-0.3, -0.25) is 0 Å². The molecular weight excluding hydrogens is 344 g/mol. The molecule has 3 rings (SSSR count). The first-order valence-electron chi connectivity index (χ1n) is 8.19. The zero-order valence-corrected chi connectivity index (χ0v) is 15.6. The summed E-state index contributed by atoms with van der Waals surface area (Å²) in [6.45, 7) is 7.44. The molecule has 0 atom stereocenters. The Bertz CT molecular complexity index is 741. The Balaban J connectivity index is 1.77. The van der Waals surface area contributed by atoms with Gasteiger partial charge in [-0.2, -0.15) is 0 Å². The van der Waals surface area contributed by atoms with Gasteiger partial charge in [-0.15, -0.1) is 11.3 Å². The molecule has 130 valence electrons. The van der Waals surface area contributed by atoms with Crippen molar-refractivity contribution in [2.75, 3.05) is 37.7 Å². The topological polar surface area (TPSA) is 81.3 Å². The van der Waals surface area contributed by atoms with Crippen LogP contribution in [0.5, 0.6) is 0 Å². The van der Waals surface area contributed by atoms with Gasteiger partial charge in [0.1, 0.15) is 15.5 Å². The maximum absolute atomic E-state index is 12.0. The fourth-order valence-corrected chi connectivity index (χ4v) is 4.87. The fourth-order valence-electron chi connectivity index (χ4n) is 2.88. The highest BCUT2D eigenvalue weighted by atomic mass is 32.2. The molecule has 2 aromatic rings. The second kappa shape index (κ2) is 7.67. The number of hydrogen-bond acceptors (Lipinski definition) is 8. The van der Waals surface area contributed by atoms with Crippen molar-refractivity contribution in [3.8, 4) is 0 Å². The Hall–Kier alpha value is -1.38. The number of carbonyl (C=O) groups is 1. The van der Waals surface area contributed by atoms with Crippen molar-refractivity contribution in [2.24, 2.45) is 0 Å². The van der Waals surface area contributed by atoms with Crippen LogP contribution in [0.4, 0.5) is 5.82 Å². The second-order valence-corrected chi connectivity index (χ2v) is 7.81. The summed E-state index contributed by atoms with van der Waals surface area (Å²) in [7, 11) is 0. The molecule has 0 aliphatic carbocycles. The molecule has 3 heterocycles. The van der Waals surface area contributed by atoms with Crippen molar-refractivity contribution in [2.45, 2.75) is 31.8 Å². The van der Waals surface area contributed by atoms with Gasteiger partial charge in [0.2, 0.25) is 0 Å². The molecule has 2 aromatic heterocycles. The highest BCUT2D eigenvalue weighted by Crippen LogP contribution is 2.34. The highest BCUT2D eigenvalue weighted by molar-refractivity contribution is 7.99. The number of hydrogen-bond donors (Lipinski definition) is 1. The third kappa shape index (κ3) is 3.65. The quantitative estimate of drug-likeness (QED) is 0.478. The third-order valence-corrected chi connectivity index (χ3v) is 6.09. The van der Waals surface area contributed by atoms with E-state index in [1.807, 2.05) is 6.92 Å². The van der Waals surface area contributed by atoms with Gasteiger partial charge in [-0.1, -0.05) is 11.8 Å². The minimum atomic E-state index is -0.319. The number of thioether (sulfide) groups is 1. The molecule has 0 radical (unpaired) electrons. The van der Waals surface area contributed by atoms with E-state index in [-0.39, 0.29) is 5.97 Å². The van der Waals surface area contributed by atoms with Crippen LogP contribution in [-0.2, 0) is 4.74 Å². The zero-order valence-electron chi connectivity index (χ0n) is 14.0. The molecule has 8 heteroatoms. The van der Waals surface area contributed by atoms with E-state index in [2.05, 4.69) is 14.9 Å². The SMILES string of the molecule is CCOC(=O)c1sc2nc(SCCN3CCCC3)nc(N)c2c1C. The maximum atomic E-state index is 12.0. The molecule has 0 aromatic carbocycles. The molecule has 1 aliphatic rings. The number of rotatable bonds is 6. The summed E-state index contributed by atoms with van der Waals surface area (Å²) >= 11 is 2.95. The fraction of sp³-hybridized carbons (Fsp3) is 0.562. The highest BCUT2D eigenvalue weighted by Gasteiger charge is 2.20. The summed E-state index contributed by atoms with van der Waals surface area (Å²) in [5.74, 6) is 1.06. The first kappa shape index (κ1) is 17.4. The minimum absolute atomic E-state index is 0.319. The molecule has 0 spiro atoms. The molecule has 1 saturated heterocycles. The molecule has 2 N–H and O–H groups in total. The molecule has 0 amide bonds. The molecule has 24 heavy (non-hydrogen) atoms. The minimum Gasteiger partial charge on any atom is -0.462 e. The number of thiophene rings is 1. The van der Waals surface area contributed by atoms with Crippen LogP contribution in [0.3, 0.4) is 0 Å². The van der Waals surface area contributed by atoms with Crippen molar-refractivity contribution in [1.29, 1.82) is 0 Å². The van der Waals surface area contributed by atoms with Crippen molar-refractivity contribution >= 4 is 45.1 Å². The second-order valence-electron chi connectivity index (χ2n) is 5.75. The number of nitrogen functional groups attached to an aromatic ring is 1. The predicted octanol–water partition coefficient (Wildman–Crippen LogP) is 2.95. The first-order valence-corrected chi connectivity index (χ1v) is 9.99. The van der Waals surface area contributed by atoms with Crippen molar-refractivity contribution in [3.63, 3.8) is 0 Å². The maximum Gasteiger partial charge on any atom is 0.348 e. The van der Waals surface area contributed by atoms with Crippen molar-refractivity contribution < 1.29 is 9.53 Å². The Morgan fingerprint density at radius 1 is 1.38 bits per heavy atom. The van der Waals surface area contributed by atoms with Gasteiger partial charge in [-0.05, 0) is 45.3 Å². The monoisotopic (exact) mass is 366 g/mol. The van der Waals surface area contributed by atoms with E-state index in [1.54, 1.807) is 18.7 Å². The van der Waals surface area contributed by atoms with E-state index in [0.717, 1.165) is 28.1 Å². The number of likely N-dealkylation sites (tertiary alicyclic amines) is 1. The molecule has 0 bridgehead atoms. The standard InChI is InChI=1S/C16H22N4O2S2/c1-3-22-15(21)12-10(2)11-13(17)18-16(19-14(11)24-12)23-9-8-20-6-4-5-7-20/h3-9H2,1-2H3,(H2,17,18,19). The Morgan fingerprint density at radius 2 is 2.12 bits per heavy atom. The van der Waals surface area contributed by atoms with Gasteiger partial charge in [-0.25, -0.2) is 14.8 Å². The predicted molar refractivity (Wildman–Crippen MR) is 98.9 cm³/mol. The number of nitrogens with two attached hydrogens (primary N) is 1. The van der Waals surface area contributed by atoms with Gasteiger partial charge in [0, 0.05) is 12.3 Å². The molecule has 6 nitrogen and oxygen atoms in total. The summed E-state index contributed by atoms with van der Waals surface area (Å²) in [4.78, 5) is 24.8. The van der Waals surface area contributed by atoms with Crippen LogP contribution in [0, 0.1) is 6.92 Å². The van der Waals surface area contributed by atoms with Gasteiger partial charge >= 0.3 is 5.97 Å². The lowest BCUT2D eigenvalue weighted by molar-refractivity contribution is 0.0531. The van der Waals surface area contributed by atoms with E-state index < -0.39 is 0 Å².